The van der Waals surface area contributed by atoms with Gasteiger partial charge in [0.2, 0.25) is 0 Å². The molecule has 0 bridgehead atoms. The molecule has 178 valence electrons. The Hall–Kier alpha value is -1.53. The summed E-state index contributed by atoms with van der Waals surface area (Å²) >= 11 is 12.3. The minimum atomic E-state index is -1.48. The van der Waals surface area contributed by atoms with E-state index in [9.17, 15) is 9.90 Å². The van der Waals surface area contributed by atoms with E-state index in [-0.39, 0.29) is 29.8 Å². The standard InChI is InChI=1S/C23H30Cl2N6O2.Li/c1-2-17-14-30(22-20(25)27-19(23(32)33)21(26)28-22)11-12-31(17)18-7-9-29(10-8-18)13-15-3-5-16(24)6-4-15;/h3-6,17-18H,2,7-14H2,1H3,(H2,26,28)(H,32,33);/q;+1/p-1/t17-;/m0./s1. The van der Waals surface area contributed by atoms with Gasteiger partial charge < -0.3 is 20.5 Å². The van der Waals surface area contributed by atoms with Gasteiger partial charge in [0.15, 0.2) is 16.8 Å². The molecule has 0 amide bonds. The zero-order valence-electron chi connectivity index (χ0n) is 19.7. The number of benzene rings is 1. The van der Waals surface area contributed by atoms with Gasteiger partial charge in [-0.15, -0.1) is 0 Å². The molecule has 8 nitrogen and oxygen atoms in total. The van der Waals surface area contributed by atoms with Crippen molar-refractivity contribution in [2.24, 2.45) is 0 Å². The number of nitrogens with two attached hydrogens (primary N) is 1. The molecule has 2 saturated heterocycles. The van der Waals surface area contributed by atoms with E-state index >= 15 is 0 Å². The summed E-state index contributed by atoms with van der Waals surface area (Å²) in [5.74, 6) is -1.21. The van der Waals surface area contributed by atoms with E-state index in [2.05, 4.69) is 43.7 Å². The number of carbonyl (C=O) groups excluding carboxylic acids is 1. The molecule has 2 aliphatic rings. The number of aromatic carboxylic acids is 1. The van der Waals surface area contributed by atoms with E-state index in [1.165, 1.54) is 5.56 Å². The molecule has 1 atom stereocenters. The minimum absolute atomic E-state index is 0. The topological polar surface area (TPSA) is 102 Å². The number of carboxylic acid groups (broad SMARTS) is 1. The normalized spacial score (nSPS) is 20.2. The van der Waals surface area contributed by atoms with Gasteiger partial charge in [-0.3, -0.25) is 9.80 Å². The van der Waals surface area contributed by atoms with Gasteiger partial charge in [0.05, 0.1) is 5.97 Å². The van der Waals surface area contributed by atoms with E-state index < -0.39 is 11.7 Å². The average molecular weight is 499 g/mol. The first-order chi connectivity index (χ1) is 15.9. The Balaban J connectivity index is 0.00000324. The SMILES string of the molecule is CC[C@H]1CN(c2nc(N)c(C(=O)[O-])nc2Cl)CCN1C1CCN(Cc2ccc(Cl)cc2)CC1.[Li+]. The number of rotatable bonds is 6. The fourth-order valence-electron chi connectivity index (χ4n) is 4.93. The summed E-state index contributed by atoms with van der Waals surface area (Å²) in [5.41, 5.74) is 6.66. The first kappa shape index (κ1) is 27.1. The number of aromatic nitrogens is 2. The van der Waals surface area contributed by atoms with E-state index in [4.69, 9.17) is 28.9 Å². The van der Waals surface area contributed by atoms with E-state index in [1.807, 2.05) is 12.1 Å². The maximum Gasteiger partial charge on any atom is 1.00 e. The van der Waals surface area contributed by atoms with Crippen LogP contribution in [0.25, 0.3) is 0 Å². The molecule has 0 aliphatic carbocycles. The molecule has 11 heteroatoms. The molecule has 4 rings (SSSR count). The van der Waals surface area contributed by atoms with E-state index in [1.54, 1.807) is 0 Å². The van der Waals surface area contributed by atoms with Crippen molar-refractivity contribution in [2.45, 2.75) is 44.8 Å². The monoisotopic (exact) mass is 498 g/mol. The van der Waals surface area contributed by atoms with Crippen molar-refractivity contribution in [3.8, 4) is 0 Å². The van der Waals surface area contributed by atoms with E-state index in [0.29, 0.717) is 17.9 Å². The first-order valence-corrected chi connectivity index (χ1v) is 12.1. The predicted molar refractivity (Wildman–Crippen MR) is 129 cm³/mol. The number of nitrogen functional groups attached to an aromatic ring is 1. The van der Waals surface area contributed by atoms with Gasteiger partial charge in [-0.1, -0.05) is 42.3 Å². The van der Waals surface area contributed by atoms with Crippen LogP contribution >= 0.6 is 23.2 Å². The van der Waals surface area contributed by atoms with Crippen LogP contribution in [-0.4, -0.2) is 70.5 Å². The van der Waals surface area contributed by atoms with Crippen LogP contribution < -0.4 is 34.6 Å². The van der Waals surface area contributed by atoms with Crippen LogP contribution in [0.3, 0.4) is 0 Å². The summed E-state index contributed by atoms with van der Waals surface area (Å²) in [4.78, 5) is 26.5. The molecule has 2 aromatic rings. The number of piperidine rings is 1. The molecule has 2 N–H and O–H groups in total. The van der Waals surface area contributed by atoms with Crippen LogP contribution in [-0.2, 0) is 6.54 Å². The fraction of sp³-hybridized carbons (Fsp3) is 0.522. The number of piperazine rings is 1. The molecule has 0 spiro atoms. The summed E-state index contributed by atoms with van der Waals surface area (Å²) in [7, 11) is 0. The Morgan fingerprint density at radius 1 is 1.12 bits per heavy atom. The quantitative estimate of drug-likeness (QED) is 0.521. The number of hydrogen-bond acceptors (Lipinski definition) is 8. The molecule has 34 heavy (non-hydrogen) atoms. The molecule has 1 aromatic heterocycles. The molecule has 0 saturated carbocycles. The van der Waals surface area contributed by atoms with Crippen molar-refractivity contribution >= 4 is 40.8 Å². The van der Waals surface area contributed by atoms with Gasteiger partial charge in [0, 0.05) is 43.3 Å². The van der Waals surface area contributed by atoms with Crippen LogP contribution in [0, 0.1) is 0 Å². The van der Waals surface area contributed by atoms with Gasteiger partial charge in [-0.2, -0.15) is 0 Å². The molecular weight excluding hydrogens is 470 g/mol. The third-order valence-electron chi connectivity index (χ3n) is 6.70. The number of carbonyl (C=O) groups is 1. The number of carboxylic acids is 1. The van der Waals surface area contributed by atoms with Crippen LogP contribution in [0.1, 0.15) is 42.2 Å². The molecule has 0 unspecified atom stereocenters. The maximum absolute atomic E-state index is 11.1. The van der Waals surface area contributed by atoms with Gasteiger partial charge in [-0.25, -0.2) is 9.97 Å². The van der Waals surface area contributed by atoms with Crippen LogP contribution in [0.2, 0.25) is 10.2 Å². The molecule has 2 aliphatic heterocycles. The van der Waals surface area contributed by atoms with Gasteiger partial charge in [0.1, 0.15) is 5.69 Å². The van der Waals surface area contributed by atoms with Gasteiger partial charge in [0.25, 0.3) is 0 Å². The number of likely N-dealkylation sites (tertiary alicyclic amines) is 1. The summed E-state index contributed by atoms with van der Waals surface area (Å²) < 4.78 is 0. The predicted octanol–water partition coefficient (Wildman–Crippen LogP) is -0.702. The zero-order valence-corrected chi connectivity index (χ0v) is 21.2. The van der Waals surface area contributed by atoms with Crippen LogP contribution in [0.4, 0.5) is 11.6 Å². The Morgan fingerprint density at radius 2 is 1.79 bits per heavy atom. The second-order valence-electron chi connectivity index (χ2n) is 8.74. The maximum atomic E-state index is 11.1. The third kappa shape index (κ3) is 6.17. The Bertz CT molecular complexity index is 988. The second kappa shape index (κ2) is 11.9. The average Bonchev–Trinajstić information content (AvgIpc) is 2.82. The second-order valence-corrected chi connectivity index (χ2v) is 9.53. The third-order valence-corrected chi connectivity index (χ3v) is 7.21. The Labute approximate surface area is 222 Å². The minimum Gasteiger partial charge on any atom is -0.543 e. The smallest absolute Gasteiger partial charge is 0.543 e. The van der Waals surface area contributed by atoms with Crippen molar-refractivity contribution in [2.75, 3.05) is 43.4 Å². The van der Waals surface area contributed by atoms with Crippen molar-refractivity contribution in [1.82, 2.24) is 19.8 Å². The number of nitrogens with zero attached hydrogens (tertiary/aromatic N) is 5. The molecule has 3 heterocycles. The van der Waals surface area contributed by atoms with Crippen LogP contribution in [0.5, 0.6) is 0 Å². The largest absolute Gasteiger partial charge is 1.00 e. The van der Waals surface area contributed by atoms with Crippen molar-refractivity contribution < 1.29 is 28.8 Å². The van der Waals surface area contributed by atoms with Crippen molar-refractivity contribution in [3.63, 3.8) is 0 Å². The number of hydrogen-bond donors (Lipinski definition) is 1. The molecule has 1 aromatic carbocycles. The van der Waals surface area contributed by atoms with Crippen molar-refractivity contribution in [3.05, 3.63) is 45.7 Å². The molecular formula is C23H29Cl2LiN6O2. The van der Waals surface area contributed by atoms with Crippen molar-refractivity contribution in [1.29, 1.82) is 0 Å². The van der Waals surface area contributed by atoms with E-state index in [0.717, 1.165) is 63.6 Å². The van der Waals surface area contributed by atoms with Gasteiger partial charge >= 0.3 is 18.9 Å². The summed E-state index contributed by atoms with van der Waals surface area (Å²) in [6, 6.07) is 9.00. The zero-order chi connectivity index (χ0) is 23.5. The Morgan fingerprint density at radius 3 is 2.41 bits per heavy atom. The first-order valence-electron chi connectivity index (χ1n) is 11.4. The number of anilines is 2. The molecule has 2 fully saturated rings. The molecule has 0 radical (unpaired) electrons. The van der Waals surface area contributed by atoms with Crippen LogP contribution in [0.15, 0.2) is 24.3 Å². The summed E-state index contributed by atoms with van der Waals surface area (Å²) in [6.07, 6.45) is 3.27. The fourth-order valence-corrected chi connectivity index (χ4v) is 5.31. The summed E-state index contributed by atoms with van der Waals surface area (Å²) in [5, 5.41) is 11.9. The Kier molecular flexibility index (Phi) is 9.50. The summed E-state index contributed by atoms with van der Waals surface area (Å²) in [6.45, 7) is 7.67. The van der Waals surface area contributed by atoms with Gasteiger partial charge in [-0.05, 0) is 50.0 Å². The number of halogens is 2.